The smallest absolute Gasteiger partial charge is 0.249 e. The van der Waals surface area contributed by atoms with E-state index >= 15 is 0 Å². The highest BCUT2D eigenvalue weighted by molar-refractivity contribution is 7.98. The molecule has 2 aromatic carbocycles. The van der Waals surface area contributed by atoms with Crippen molar-refractivity contribution in [2.75, 3.05) is 10.6 Å². The van der Waals surface area contributed by atoms with Crippen LogP contribution in [-0.4, -0.2) is 26.6 Å². The Hall–Kier alpha value is -3.13. The molecule has 0 saturated heterocycles. The molecule has 0 radical (unpaired) electrons. The third kappa shape index (κ3) is 4.07. The van der Waals surface area contributed by atoms with Crippen molar-refractivity contribution in [3.8, 4) is 0 Å². The number of carbonyl (C=O) groups is 2. The second-order valence-electron chi connectivity index (χ2n) is 6.56. The molecule has 28 heavy (non-hydrogen) atoms. The van der Waals surface area contributed by atoms with Crippen molar-refractivity contribution in [1.82, 2.24) is 14.8 Å². The molecule has 3 aromatic rings. The average Bonchev–Trinajstić information content (AvgIpc) is 3.09. The van der Waals surface area contributed by atoms with Gasteiger partial charge in [-0.2, -0.15) is 4.98 Å². The lowest BCUT2D eigenvalue weighted by molar-refractivity contribution is -0.125. The van der Waals surface area contributed by atoms with Crippen LogP contribution in [0.4, 0.5) is 11.6 Å². The predicted molar refractivity (Wildman–Crippen MR) is 108 cm³/mol. The Labute approximate surface area is 166 Å². The number of rotatable bonds is 5. The molecule has 1 aliphatic heterocycles. The first-order chi connectivity index (χ1) is 13.6. The number of nitrogens with one attached hydrogen (secondary N) is 2. The number of aromatic nitrogens is 3. The molecule has 2 amide bonds. The maximum Gasteiger partial charge on any atom is 0.249 e. The molecular formula is C20H19N5O2S. The lowest BCUT2D eigenvalue weighted by Gasteiger charge is -2.22. The van der Waals surface area contributed by atoms with Crippen molar-refractivity contribution in [1.29, 1.82) is 0 Å². The number of hydrogen-bond acceptors (Lipinski definition) is 5. The Morgan fingerprint density at radius 2 is 2.07 bits per heavy atom. The first-order valence-corrected chi connectivity index (χ1v) is 9.88. The van der Waals surface area contributed by atoms with Gasteiger partial charge in [0.25, 0.3) is 0 Å². The van der Waals surface area contributed by atoms with Crippen molar-refractivity contribution >= 4 is 35.2 Å². The maximum atomic E-state index is 12.8. The number of nitrogens with zero attached hydrogens (tertiary/aromatic N) is 3. The normalized spacial score (nSPS) is 15.6. The summed E-state index contributed by atoms with van der Waals surface area (Å²) >= 11 is 1.46. The highest BCUT2D eigenvalue weighted by Crippen LogP contribution is 2.28. The highest BCUT2D eigenvalue weighted by atomic mass is 32.2. The van der Waals surface area contributed by atoms with Gasteiger partial charge in [0, 0.05) is 11.4 Å². The predicted octanol–water partition coefficient (Wildman–Crippen LogP) is 3.40. The molecule has 8 heteroatoms. The van der Waals surface area contributed by atoms with Gasteiger partial charge < -0.3 is 5.32 Å². The van der Waals surface area contributed by atoms with Crippen LogP contribution in [0, 0.1) is 6.92 Å². The molecule has 0 bridgehead atoms. The number of thioether (sulfide) groups is 1. The van der Waals surface area contributed by atoms with Crippen LogP contribution in [-0.2, 0) is 15.3 Å². The van der Waals surface area contributed by atoms with Gasteiger partial charge in [0.05, 0.1) is 6.42 Å². The van der Waals surface area contributed by atoms with Crippen LogP contribution in [0.1, 0.15) is 23.6 Å². The summed E-state index contributed by atoms with van der Waals surface area (Å²) in [5.41, 5.74) is 2.88. The van der Waals surface area contributed by atoms with Crippen LogP contribution in [0.25, 0.3) is 0 Å². The molecule has 2 heterocycles. The Morgan fingerprint density at radius 3 is 2.86 bits per heavy atom. The third-order valence-corrected chi connectivity index (χ3v) is 5.24. The number of fused-ring (bicyclic) bond motifs is 1. The van der Waals surface area contributed by atoms with Gasteiger partial charge in [-0.05, 0) is 30.2 Å². The Balaban J connectivity index is 1.52. The molecule has 1 unspecified atom stereocenters. The fourth-order valence-corrected chi connectivity index (χ4v) is 3.76. The molecule has 2 N–H and O–H groups in total. The van der Waals surface area contributed by atoms with Gasteiger partial charge in [-0.1, -0.05) is 54.2 Å². The van der Waals surface area contributed by atoms with Crippen LogP contribution < -0.4 is 10.6 Å². The average molecular weight is 393 g/mol. The molecule has 0 fully saturated rings. The fraction of sp³-hybridized carbons (Fsp3) is 0.200. The summed E-state index contributed by atoms with van der Waals surface area (Å²) in [5.74, 6) is 0.476. The number of anilines is 2. The Kier molecular flexibility index (Phi) is 5.12. The fourth-order valence-electron chi connectivity index (χ4n) is 2.98. The van der Waals surface area contributed by atoms with E-state index in [-0.39, 0.29) is 18.2 Å². The zero-order chi connectivity index (χ0) is 19.5. The third-order valence-electron chi connectivity index (χ3n) is 4.34. The summed E-state index contributed by atoms with van der Waals surface area (Å²) in [6.45, 7) is 1.95. The minimum absolute atomic E-state index is 0.0246. The number of hydrogen-bond donors (Lipinski definition) is 2. The quantitative estimate of drug-likeness (QED) is 0.649. The van der Waals surface area contributed by atoms with E-state index < -0.39 is 6.04 Å². The summed E-state index contributed by atoms with van der Waals surface area (Å²) in [7, 11) is 0. The second-order valence-corrected chi connectivity index (χ2v) is 7.51. The molecule has 0 aliphatic carbocycles. The first-order valence-electron chi connectivity index (χ1n) is 8.89. The lowest BCUT2D eigenvalue weighted by Crippen LogP contribution is -2.36. The van der Waals surface area contributed by atoms with E-state index in [2.05, 4.69) is 20.7 Å². The van der Waals surface area contributed by atoms with E-state index in [0.717, 1.165) is 11.1 Å². The zero-order valence-electron chi connectivity index (χ0n) is 15.3. The zero-order valence-corrected chi connectivity index (χ0v) is 16.1. The highest BCUT2D eigenvalue weighted by Gasteiger charge is 2.33. The SMILES string of the molecule is Cc1cccc(NC(=O)C2CC(=O)Nc3nc(SCc4ccccc4)nn32)c1. The molecule has 4 rings (SSSR count). The van der Waals surface area contributed by atoms with Crippen molar-refractivity contribution in [2.24, 2.45) is 0 Å². The molecule has 7 nitrogen and oxygen atoms in total. The lowest BCUT2D eigenvalue weighted by atomic mass is 10.1. The summed E-state index contributed by atoms with van der Waals surface area (Å²) < 4.78 is 1.50. The summed E-state index contributed by atoms with van der Waals surface area (Å²) in [5, 5.41) is 10.5. The van der Waals surface area contributed by atoms with Crippen LogP contribution in [0.3, 0.4) is 0 Å². The largest absolute Gasteiger partial charge is 0.324 e. The van der Waals surface area contributed by atoms with Crippen molar-refractivity contribution < 1.29 is 9.59 Å². The van der Waals surface area contributed by atoms with Crippen LogP contribution >= 0.6 is 11.8 Å². The van der Waals surface area contributed by atoms with Crippen LogP contribution in [0.15, 0.2) is 59.8 Å². The summed E-state index contributed by atoms with van der Waals surface area (Å²) in [6.07, 6.45) is 0.0246. The number of amides is 2. The molecule has 1 aliphatic rings. The Morgan fingerprint density at radius 1 is 1.25 bits per heavy atom. The molecular weight excluding hydrogens is 374 g/mol. The van der Waals surface area contributed by atoms with Gasteiger partial charge >= 0.3 is 0 Å². The number of aryl methyl sites for hydroxylation is 1. The van der Waals surface area contributed by atoms with E-state index in [1.165, 1.54) is 16.4 Å². The van der Waals surface area contributed by atoms with Gasteiger partial charge in [0.15, 0.2) is 0 Å². The number of benzene rings is 2. The van der Waals surface area contributed by atoms with Gasteiger partial charge in [-0.3, -0.25) is 14.9 Å². The minimum Gasteiger partial charge on any atom is -0.324 e. The monoisotopic (exact) mass is 393 g/mol. The van der Waals surface area contributed by atoms with Crippen molar-refractivity contribution in [2.45, 2.75) is 30.3 Å². The molecule has 142 valence electrons. The van der Waals surface area contributed by atoms with E-state index in [1.54, 1.807) is 0 Å². The van der Waals surface area contributed by atoms with Crippen LogP contribution in [0.5, 0.6) is 0 Å². The topological polar surface area (TPSA) is 88.9 Å². The van der Waals surface area contributed by atoms with Crippen molar-refractivity contribution in [3.63, 3.8) is 0 Å². The second kappa shape index (κ2) is 7.85. The van der Waals surface area contributed by atoms with E-state index in [4.69, 9.17) is 0 Å². The summed E-state index contributed by atoms with van der Waals surface area (Å²) in [6, 6.07) is 16.8. The van der Waals surface area contributed by atoms with Gasteiger partial charge in [-0.15, -0.1) is 5.10 Å². The molecule has 0 spiro atoms. The van der Waals surface area contributed by atoms with Gasteiger partial charge in [0.2, 0.25) is 22.9 Å². The van der Waals surface area contributed by atoms with E-state index in [1.807, 2.05) is 61.5 Å². The summed E-state index contributed by atoms with van der Waals surface area (Å²) in [4.78, 5) is 29.2. The molecule has 1 atom stereocenters. The van der Waals surface area contributed by atoms with E-state index in [0.29, 0.717) is 22.5 Å². The number of carbonyl (C=O) groups excluding carboxylic acids is 2. The first kappa shape index (κ1) is 18.2. The van der Waals surface area contributed by atoms with Crippen molar-refractivity contribution in [3.05, 3.63) is 65.7 Å². The van der Waals surface area contributed by atoms with Gasteiger partial charge in [0.1, 0.15) is 6.04 Å². The molecule has 0 saturated carbocycles. The Bertz CT molecular complexity index is 1020. The van der Waals surface area contributed by atoms with E-state index in [9.17, 15) is 9.59 Å². The van der Waals surface area contributed by atoms with Gasteiger partial charge in [-0.25, -0.2) is 4.68 Å². The minimum atomic E-state index is -0.733. The maximum absolute atomic E-state index is 12.8. The standard InChI is InChI=1S/C20H19N5O2S/c1-13-6-5-9-15(10-13)21-18(27)16-11-17(26)22-19-23-20(24-25(16)19)28-12-14-7-3-2-4-8-14/h2-10,16H,11-12H2,1H3,(H,21,27)(H,22,23,24,26). The van der Waals surface area contributed by atoms with Crippen LogP contribution in [0.2, 0.25) is 0 Å². The molecule has 1 aromatic heterocycles.